The topological polar surface area (TPSA) is 133 Å². The van der Waals surface area contributed by atoms with Gasteiger partial charge in [0.1, 0.15) is 24.6 Å². The normalized spacial score (nSPS) is 19.5. The van der Waals surface area contributed by atoms with Gasteiger partial charge in [-0.15, -0.1) is 0 Å². The van der Waals surface area contributed by atoms with E-state index >= 15 is 0 Å². The molecule has 234 valence electrons. The summed E-state index contributed by atoms with van der Waals surface area (Å²) in [5.74, 6) is 0.255. The van der Waals surface area contributed by atoms with Gasteiger partial charge in [-0.2, -0.15) is 0 Å². The third-order valence-corrected chi connectivity index (χ3v) is 7.57. The third-order valence-electron chi connectivity index (χ3n) is 7.57. The standard InChI is InChI=1S/C30H35FN6O7/c1-3-13-42-30(41)32-12-4-5-23-28(39)35(16-21-8-11-24-25(14-21)44-19-43-24)17-26-36(23)27(38)18-34(2)37(26)29(40)33-15-20-6-9-22(31)10-7-20/h3,6-11,14,23,26H,1,4-5,12-13,15-19H2,2H3,(H,32,41)(H,33,40)/t23-,26-/m0/s1. The fraction of sp³-hybridized carbons (Fsp3) is 0.400. The van der Waals surface area contributed by atoms with E-state index in [4.69, 9.17) is 14.2 Å². The fourth-order valence-corrected chi connectivity index (χ4v) is 5.52. The lowest BCUT2D eigenvalue weighted by Gasteiger charge is -2.54. The van der Waals surface area contributed by atoms with Crippen molar-refractivity contribution in [1.29, 1.82) is 0 Å². The molecule has 2 atom stereocenters. The van der Waals surface area contributed by atoms with Gasteiger partial charge in [-0.25, -0.2) is 24.0 Å². The number of halogens is 1. The number of rotatable bonds is 10. The number of nitrogens with one attached hydrogen (secondary N) is 2. The Morgan fingerprint density at radius 2 is 1.84 bits per heavy atom. The van der Waals surface area contributed by atoms with Crippen molar-refractivity contribution in [2.45, 2.75) is 38.1 Å². The zero-order valence-corrected chi connectivity index (χ0v) is 24.4. The molecule has 3 aliphatic heterocycles. The number of hydrogen-bond donors (Lipinski definition) is 2. The number of amides is 5. The van der Waals surface area contributed by atoms with E-state index in [2.05, 4.69) is 17.2 Å². The van der Waals surface area contributed by atoms with Crippen molar-refractivity contribution in [1.82, 2.24) is 30.5 Å². The predicted molar refractivity (Wildman–Crippen MR) is 154 cm³/mol. The second-order valence-electron chi connectivity index (χ2n) is 10.6. The van der Waals surface area contributed by atoms with E-state index in [1.54, 1.807) is 36.2 Å². The molecule has 3 aliphatic rings. The van der Waals surface area contributed by atoms with Crippen molar-refractivity contribution < 1.29 is 37.8 Å². The molecule has 0 bridgehead atoms. The number of ether oxygens (including phenoxy) is 3. The minimum absolute atomic E-state index is 0.0654. The van der Waals surface area contributed by atoms with E-state index in [9.17, 15) is 23.6 Å². The van der Waals surface area contributed by atoms with Gasteiger partial charge in [-0.3, -0.25) is 9.59 Å². The Kier molecular flexibility index (Phi) is 9.48. The van der Waals surface area contributed by atoms with Gasteiger partial charge in [0.15, 0.2) is 11.5 Å². The van der Waals surface area contributed by atoms with Gasteiger partial charge in [0.25, 0.3) is 0 Å². The van der Waals surface area contributed by atoms with E-state index in [1.165, 1.54) is 33.1 Å². The van der Waals surface area contributed by atoms with Gasteiger partial charge in [0.05, 0.1) is 13.1 Å². The summed E-state index contributed by atoms with van der Waals surface area (Å²) in [6.07, 6.45) is 0.671. The largest absolute Gasteiger partial charge is 0.454 e. The summed E-state index contributed by atoms with van der Waals surface area (Å²) in [5, 5.41) is 8.46. The van der Waals surface area contributed by atoms with Crippen molar-refractivity contribution in [2.24, 2.45) is 0 Å². The highest BCUT2D eigenvalue weighted by Crippen LogP contribution is 2.34. The number of hydrogen-bond acceptors (Lipinski definition) is 8. The number of hydrazine groups is 1. The molecule has 0 spiro atoms. The summed E-state index contributed by atoms with van der Waals surface area (Å²) in [4.78, 5) is 55.9. The van der Waals surface area contributed by atoms with Gasteiger partial charge in [0.2, 0.25) is 18.6 Å². The molecule has 2 N–H and O–H groups in total. The van der Waals surface area contributed by atoms with Crippen LogP contribution in [-0.4, -0.2) is 96.0 Å². The molecule has 14 heteroatoms. The number of nitrogens with zero attached hydrogens (tertiary/aromatic N) is 4. The number of carbonyl (C=O) groups excluding carboxylic acids is 4. The summed E-state index contributed by atoms with van der Waals surface area (Å²) < 4.78 is 29.2. The Hall–Kier alpha value is -4.85. The van der Waals surface area contributed by atoms with Gasteiger partial charge in [-0.05, 0) is 48.2 Å². The van der Waals surface area contributed by atoms with Crippen LogP contribution >= 0.6 is 0 Å². The summed E-state index contributed by atoms with van der Waals surface area (Å²) in [6, 6.07) is 9.87. The lowest BCUT2D eigenvalue weighted by Crippen LogP contribution is -2.75. The molecule has 2 saturated heterocycles. The van der Waals surface area contributed by atoms with Crippen LogP contribution in [-0.2, 0) is 27.4 Å². The SMILES string of the molecule is C=CCOC(=O)NCCC[C@H]1C(=O)N(Cc2ccc3c(c2)OCO3)C[C@H]2N1C(=O)CN(C)N2C(=O)NCc1ccc(F)cc1. The Labute approximate surface area is 254 Å². The molecule has 5 rings (SSSR count). The van der Waals surface area contributed by atoms with Gasteiger partial charge in [-0.1, -0.05) is 30.9 Å². The van der Waals surface area contributed by atoms with Gasteiger partial charge >= 0.3 is 12.1 Å². The van der Waals surface area contributed by atoms with Crippen LogP contribution in [0.15, 0.2) is 55.1 Å². The number of urea groups is 1. The molecular weight excluding hydrogens is 575 g/mol. The summed E-state index contributed by atoms with van der Waals surface area (Å²) in [5.41, 5.74) is 1.50. The third kappa shape index (κ3) is 6.86. The molecule has 0 unspecified atom stereocenters. The molecule has 0 aromatic heterocycles. The van der Waals surface area contributed by atoms with Crippen molar-refractivity contribution in [3.8, 4) is 11.5 Å². The first-order chi connectivity index (χ1) is 21.2. The average Bonchev–Trinajstić information content (AvgIpc) is 3.47. The number of likely N-dealkylation sites (N-methyl/N-ethyl adjacent to an activating group) is 1. The first-order valence-corrected chi connectivity index (χ1v) is 14.3. The van der Waals surface area contributed by atoms with Crippen molar-refractivity contribution in [3.05, 3.63) is 72.1 Å². The Bertz CT molecular complexity index is 1410. The van der Waals surface area contributed by atoms with Crippen LogP contribution in [0.5, 0.6) is 11.5 Å². The monoisotopic (exact) mass is 610 g/mol. The van der Waals surface area contributed by atoms with Crippen LogP contribution in [0.2, 0.25) is 0 Å². The Balaban J connectivity index is 1.35. The van der Waals surface area contributed by atoms with E-state index in [0.29, 0.717) is 23.5 Å². The quantitative estimate of drug-likeness (QED) is 0.309. The van der Waals surface area contributed by atoms with Crippen molar-refractivity contribution >= 4 is 23.9 Å². The van der Waals surface area contributed by atoms with Crippen LogP contribution in [0.25, 0.3) is 0 Å². The molecule has 3 heterocycles. The molecular formula is C30H35FN6O7. The smallest absolute Gasteiger partial charge is 0.407 e. The fourth-order valence-electron chi connectivity index (χ4n) is 5.52. The molecule has 0 radical (unpaired) electrons. The maximum atomic E-state index is 13.9. The number of carbonyl (C=O) groups is 4. The van der Waals surface area contributed by atoms with Crippen molar-refractivity contribution in [2.75, 3.05) is 40.1 Å². The molecule has 0 saturated carbocycles. The second-order valence-corrected chi connectivity index (χ2v) is 10.6. The zero-order chi connectivity index (χ0) is 31.2. The highest BCUT2D eigenvalue weighted by molar-refractivity contribution is 5.91. The van der Waals surface area contributed by atoms with Crippen LogP contribution in [0.1, 0.15) is 24.0 Å². The second kappa shape index (κ2) is 13.6. The van der Waals surface area contributed by atoms with Crippen LogP contribution < -0.4 is 20.1 Å². The zero-order valence-electron chi connectivity index (χ0n) is 24.4. The van der Waals surface area contributed by atoms with Gasteiger partial charge < -0.3 is 34.6 Å². The molecule has 13 nitrogen and oxygen atoms in total. The number of alkyl carbamates (subject to hydrolysis) is 1. The summed E-state index contributed by atoms with van der Waals surface area (Å²) in [6.45, 7) is 4.21. The van der Waals surface area contributed by atoms with Crippen LogP contribution in [0.4, 0.5) is 14.0 Å². The number of piperazine rings is 1. The molecule has 2 aromatic carbocycles. The van der Waals surface area contributed by atoms with Gasteiger partial charge in [0, 0.05) is 26.7 Å². The van der Waals surface area contributed by atoms with Crippen molar-refractivity contribution in [3.63, 3.8) is 0 Å². The summed E-state index contributed by atoms with van der Waals surface area (Å²) >= 11 is 0. The summed E-state index contributed by atoms with van der Waals surface area (Å²) in [7, 11) is 1.64. The molecule has 2 fully saturated rings. The predicted octanol–water partition coefficient (Wildman–Crippen LogP) is 2.18. The van der Waals surface area contributed by atoms with E-state index in [1.807, 2.05) is 6.07 Å². The lowest BCUT2D eigenvalue weighted by atomic mass is 10.0. The van der Waals surface area contributed by atoms with Crippen LogP contribution in [0.3, 0.4) is 0 Å². The highest BCUT2D eigenvalue weighted by Gasteiger charge is 2.50. The number of benzene rings is 2. The molecule has 5 amide bonds. The minimum atomic E-state index is -0.873. The Morgan fingerprint density at radius 1 is 1.09 bits per heavy atom. The Morgan fingerprint density at radius 3 is 2.61 bits per heavy atom. The highest BCUT2D eigenvalue weighted by atomic mass is 19.1. The van der Waals surface area contributed by atoms with E-state index < -0.39 is 24.3 Å². The minimum Gasteiger partial charge on any atom is -0.454 e. The van der Waals surface area contributed by atoms with E-state index in [-0.39, 0.29) is 70.2 Å². The molecule has 2 aromatic rings. The lowest BCUT2D eigenvalue weighted by molar-refractivity contribution is -0.188. The number of fused-ring (bicyclic) bond motifs is 2. The first-order valence-electron chi connectivity index (χ1n) is 14.3. The van der Waals surface area contributed by atoms with E-state index in [0.717, 1.165) is 5.56 Å². The molecule has 0 aliphatic carbocycles. The molecule has 44 heavy (non-hydrogen) atoms. The first kappa shape index (κ1) is 30.6. The maximum Gasteiger partial charge on any atom is 0.407 e. The van der Waals surface area contributed by atoms with Crippen LogP contribution in [0, 0.1) is 5.82 Å². The average molecular weight is 611 g/mol. The maximum absolute atomic E-state index is 13.9.